The van der Waals surface area contributed by atoms with E-state index in [0.29, 0.717) is 0 Å². The van der Waals surface area contributed by atoms with Crippen LogP contribution in [-0.2, 0) is 16.8 Å². The maximum atomic E-state index is 11.0. The van der Waals surface area contributed by atoms with Crippen molar-refractivity contribution in [3.8, 4) is 0 Å². The molecule has 0 spiro atoms. The van der Waals surface area contributed by atoms with Crippen LogP contribution in [0.2, 0.25) is 0 Å². The van der Waals surface area contributed by atoms with Crippen LogP contribution in [0.5, 0.6) is 0 Å². The van der Waals surface area contributed by atoms with Gasteiger partial charge < -0.3 is 4.57 Å². The molecular weight excluding hydrogens is 152 g/mol. The summed E-state index contributed by atoms with van der Waals surface area (Å²) >= 11 is 0. The summed E-state index contributed by atoms with van der Waals surface area (Å²) in [4.78, 5) is 0. The van der Waals surface area contributed by atoms with Crippen LogP contribution in [0.15, 0.2) is 11.5 Å². The number of hydrogen-bond acceptors (Lipinski definition) is 4. The molecule has 0 fully saturated rings. The lowest BCUT2D eigenvalue weighted by Gasteiger charge is -1.96. The average Bonchev–Trinajstić information content (AvgIpc) is 2.11. The average molecular weight is 160 g/mol. The van der Waals surface area contributed by atoms with Gasteiger partial charge >= 0.3 is 0 Å². The quantitative estimate of drug-likeness (QED) is 0.621. The Labute approximate surface area is 59.1 Å². The first-order valence-corrected chi connectivity index (χ1v) is 4.56. The van der Waals surface area contributed by atoms with Gasteiger partial charge in [-0.1, -0.05) is 0 Å². The Balaban J connectivity index is 3.32. The molecule has 5 nitrogen and oxygen atoms in total. The molecule has 1 atom stereocenters. The van der Waals surface area contributed by atoms with Gasteiger partial charge in [-0.2, -0.15) is 0 Å². The summed E-state index contributed by atoms with van der Waals surface area (Å²) in [6.45, 7) is 0. The fraction of sp³-hybridized carbons (Fsp3) is 0.500. The Morgan fingerprint density at radius 2 is 2.40 bits per heavy atom. The molecule has 1 unspecified atom stereocenters. The summed E-state index contributed by atoms with van der Waals surface area (Å²) in [7, 11) is -1.04. The molecule has 0 bridgehead atoms. The van der Waals surface area contributed by atoms with Crippen molar-refractivity contribution < 1.29 is 4.21 Å². The van der Waals surface area contributed by atoms with Crippen LogP contribution in [0.4, 0.5) is 0 Å². The third-order valence-corrected chi connectivity index (χ3v) is 2.08. The minimum absolute atomic E-state index is 0.215. The lowest BCUT2D eigenvalue weighted by Crippen LogP contribution is -2.03. The first kappa shape index (κ1) is 7.20. The highest BCUT2D eigenvalue weighted by molar-refractivity contribution is 7.91. The standard InChI is InChI=1S/C4H8N4OS/c1-8-3-6-7-4(8)10(2,5)9/h3,5H,1-2H3. The number of aromatic nitrogens is 3. The Bertz CT molecular complexity index is 325. The van der Waals surface area contributed by atoms with E-state index in [4.69, 9.17) is 4.78 Å². The van der Waals surface area contributed by atoms with E-state index in [1.54, 1.807) is 7.05 Å². The third kappa shape index (κ3) is 1.15. The minimum Gasteiger partial charge on any atom is -0.309 e. The van der Waals surface area contributed by atoms with Crippen LogP contribution in [0, 0.1) is 4.78 Å². The van der Waals surface area contributed by atoms with Crippen molar-refractivity contribution in [2.45, 2.75) is 5.16 Å². The monoisotopic (exact) mass is 160 g/mol. The van der Waals surface area contributed by atoms with E-state index in [9.17, 15) is 4.21 Å². The second-order valence-corrected chi connectivity index (χ2v) is 4.12. The van der Waals surface area contributed by atoms with E-state index in [1.807, 2.05) is 0 Å². The zero-order valence-corrected chi connectivity index (χ0v) is 6.55. The van der Waals surface area contributed by atoms with Crippen LogP contribution in [0.25, 0.3) is 0 Å². The van der Waals surface area contributed by atoms with Gasteiger partial charge in [0.1, 0.15) is 16.1 Å². The van der Waals surface area contributed by atoms with E-state index in [1.165, 1.54) is 17.2 Å². The van der Waals surface area contributed by atoms with E-state index < -0.39 is 9.73 Å². The Hall–Kier alpha value is -0.910. The fourth-order valence-electron chi connectivity index (χ4n) is 0.625. The van der Waals surface area contributed by atoms with Gasteiger partial charge in [0.2, 0.25) is 5.16 Å². The molecule has 56 valence electrons. The molecule has 1 aromatic heterocycles. The van der Waals surface area contributed by atoms with Crippen molar-refractivity contribution in [3.63, 3.8) is 0 Å². The second kappa shape index (κ2) is 2.05. The summed E-state index contributed by atoms with van der Waals surface area (Å²) in [6, 6.07) is 0. The predicted octanol–water partition coefficient (Wildman–Crippen LogP) is -0.149. The van der Waals surface area contributed by atoms with Gasteiger partial charge in [-0.25, -0.2) is 8.99 Å². The van der Waals surface area contributed by atoms with Crippen LogP contribution in [0.3, 0.4) is 0 Å². The molecule has 1 heterocycles. The zero-order valence-electron chi connectivity index (χ0n) is 5.74. The number of nitrogens with zero attached hydrogens (tertiary/aromatic N) is 3. The molecule has 0 aliphatic rings. The van der Waals surface area contributed by atoms with Gasteiger partial charge in [-0.3, -0.25) is 0 Å². The predicted molar refractivity (Wildman–Crippen MR) is 36.1 cm³/mol. The molecule has 0 aliphatic carbocycles. The molecule has 1 aromatic rings. The summed E-state index contributed by atoms with van der Waals surface area (Å²) in [5.74, 6) is 0. The molecule has 0 saturated heterocycles. The molecule has 0 aromatic carbocycles. The highest BCUT2D eigenvalue weighted by atomic mass is 32.2. The van der Waals surface area contributed by atoms with E-state index in [0.717, 1.165) is 0 Å². The van der Waals surface area contributed by atoms with E-state index in [2.05, 4.69) is 10.2 Å². The maximum absolute atomic E-state index is 11.0. The smallest absolute Gasteiger partial charge is 0.229 e. The molecule has 0 radical (unpaired) electrons. The first-order valence-electron chi connectivity index (χ1n) is 2.59. The highest BCUT2D eigenvalue weighted by Gasteiger charge is 2.08. The van der Waals surface area contributed by atoms with Crippen LogP contribution < -0.4 is 0 Å². The Morgan fingerprint density at radius 3 is 2.60 bits per heavy atom. The summed E-state index contributed by atoms with van der Waals surface area (Å²) in [5.41, 5.74) is 0. The summed E-state index contributed by atoms with van der Waals surface area (Å²) < 4.78 is 19.6. The first-order chi connectivity index (χ1) is 4.52. The summed E-state index contributed by atoms with van der Waals surface area (Å²) in [5, 5.41) is 7.25. The van der Waals surface area contributed by atoms with Gasteiger partial charge in [0.15, 0.2) is 0 Å². The van der Waals surface area contributed by atoms with Crippen molar-refractivity contribution in [2.75, 3.05) is 6.26 Å². The number of rotatable bonds is 1. The third-order valence-electron chi connectivity index (χ3n) is 1.02. The Kier molecular flexibility index (Phi) is 1.47. The summed E-state index contributed by atoms with van der Waals surface area (Å²) in [6.07, 6.45) is 2.74. The molecule has 1 rings (SSSR count). The number of hydrogen-bond donors (Lipinski definition) is 1. The SMILES string of the molecule is Cn1cnnc1S(C)(=N)=O. The zero-order chi connectivity index (χ0) is 7.78. The molecule has 6 heteroatoms. The van der Waals surface area contributed by atoms with Gasteiger partial charge in [-0.15, -0.1) is 10.2 Å². The molecule has 1 N–H and O–H groups in total. The van der Waals surface area contributed by atoms with Crippen LogP contribution in [-0.4, -0.2) is 25.2 Å². The van der Waals surface area contributed by atoms with Crippen LogP contribution >= 0.6 is 0 Å². The normalized spacial score (nSPS) is 16.6. The molecular formula is C4H8N4OS. The largest absolute Gasteiger partial charge is 0.309 e. The van der Waals surface area contributed by atoms with Crippen LogP contribution in [0.1, 0.15) is 0 Å². The second-order valence-electron chi connectivity index (χ2n) is 2.07. The van der Waals surface area contributed by atoms with Crippen molar-refractivity contribution in [2.24, 2.45) is 7.05 Å². The van der Waals surface area contributed by atoms with Gasteiger partial charge in [0, 0.05) is 13.3 Å². The van der Waals surface area contributed by atoms with Gasteiger partial charge in [0.05, 0.1) is 0 Å². The van der Waals surface area contributed by atoms with Crippen molar-refractivity contribution >= 4 is 9.73 Å². The topological polar surface area (TPSA) is 71.6 Å². The van der Waals surface area contributed by atoms with Gasteiger partial charge in [0.25, 0.3) is 0 Å². The fourth-order valence-corrected chi connectivity index (χ4v) is 1.42. The number of aryl methyl sites for hydroxylation is 1. The van der Waals surface area contributed by atoms with Gasteiger partial charge in [-0.05, 0) is 0 Å². The van der Waals surface area contributed by atoms with Crippen molar-refractivity contribution in [1.29, 1.82) is 4.78 Å². The highest BCUT2D eigenvalue weighted by Crippen LogP contribution is 2.01. The molecule has 0 amide bonds. The van der Waals surface area contributed by atoms with E-state index in [-0.39, 0.29) is 5.16 Å². The molecule has 0 saturated carbocycles. The van der Waals surface area contributed by atoms with Crippen molar-refractivity contribution in [1.82, 2.24) is 14.8 Å². The number of nitrogens with one attached hydrogen (secondary N) is 1. The Morgan fingerprint density at radius 1 is 1.80 bits per heavy atom. The molecule has 0 aliphatic heterocycles. The lowest BCUT2D eigenvalue weighted by molar-refractivity contribution is 0.659. The van der Waals surface area contributed by atoms with Crippen molar-refractivity contribution in [3.05, 3.63) is 6.33 Å². The van der Waals surface area contributed by atoms with E-state index >= 15 is 0 Å². The maximum Gasteiger partial charge on any atom is 0.229 e. The molecule has 10 heavy (non-hydrogen) atoms. The minimum atomic E-state index is -2.70. The lowest BCUT2D eigenvalue weighted by atomic mass is 11.1.